The van der Waals surface area contributed by atoms with Crippen LogP contribution in [-0.2, 0) is 0 Å². The van der Waals surface area contributed by atoms with Gasteiger partial charge in [0.25, 0.3) is 0 Å². The summed E-state index contributed by atoms with van der Waals surface area (Å²) in [5.74, 6) is 1.48. The molecule has 3 N–H and O–H groups in total. The van der Waals surface area contributed by atoms with E-state index in [1.165, 1.54) is 0 Å². The summed E-state index contributed by atoms with van der Waals surface area (Å²) >= 11 is 5.87. The van der Waals surface area contributed by atoms with Crippen LogP contribution >= 0.6 is 11.6 Å². The lowest BCUT2D eigenvalue weighted by Gasteiger charge is -2.29. The predicted octanol–water partition coefficient (Wildman–Crippen LogP) is 2.05. The molecule has 0 saturated carbocycles. The highest BCUT2D eigenvalue weighted by molar-refractivity contribution is 6.30. The van der Waals surface area contributed by atoms with E-state index in [1.807, 2.05) is 24.3 Å². The lowest BCUT2D eigenvalue weighted by Crippen LogP contribution is -2.43. The lowest BCUT2D eigenvalue weighted by atomic mass is 10.1. The highest BCUT2D eigenvalue weighted by atomic mass is 35.5. The van der Waals surface area contributed by atoms with Crippen LogP contribution in [0.25, 0.3) is 11.4 Å². The van der Waals surface area contributed by atoms with Gasteiger partial charge in [0.2, 0.25) is 5.95 Å². The van der Waals surface area contributed by atoms with Crippen LogP contribution in [0.3, 0.4) is 0 Å². The number of nitrogens with zero attached hydrogens (tertiary/aromatic N) is 3. The lowest BCUT2D eigenvalue weighted by molar-refractivity contribution is 0.500. The first-order valence-corrected chi connectivity index (χ1v) is 6.79. The van der Waals surface area contributed by atoms with Crippen molar-refractivity contribution in [3.63, 3.8) is 0 Å². The SMILES string of the molecule is NC1CCCN(c2n[nH]c(-c3ccc(Cl)cc3)n2)C1. The summed E-state index contributed by atoms with van der Waals surface area (Å²) in [6, 6.07) is 7.75. The van der Waals surface area contributed by atoms with Crippen LogP contribution in [-0.4, -0.2) is 34.3 Å². The van der Waals surface area contributed by atoms with Gasteiger partial charge < -0.3 is 10.6 Å². The van der Waals surface area contributed by atoms with Crippen LogP contribution < -0.4 is 10.6 Å². The molecule has 3 rings (SSSR count). The maximum atomic E-state index is 5.97. The largest absolute Gasteiger partial charge is 0.338 e. The second kappa shape index (κ2) is 5.19. The fourth-order valence-corrected chi connectivity index (χ4v) is 2.45. The van der Waals surface area contributed by atoms with Crippen molar-refractivity contribution in [1.82, 2.24) is 15.2 Å². The minimum atomic E-state index is 0.214. The van der Waals surface area contributed by atoms with E-state index in [1.54, 1.807) is 0 Å². The molecule has 1 aliphatic heterocycles. The third-order valence-corrected chi connectivity index (χ3v) is 3.58. The van der Waals surface area contributed by atoms with Crippen molar-refractivity contribution in [2.75, 3.05) is 18.0 Å². The standard InChI is InChI=1S/C13H16ClN5/c14-10-5-3-9(4-6-10)12-16-13(18-17-12)19-7-1-2-11(15)8-19/h3-6,11H,1-2,7-8,15H2,(H,16,17,18). The van der Waals surface area contributed by atoms with Crippen molar-refractivity contribution in [3.8, 4) is 11.4 Å². The molecule has 1 aromatic heterocycles. The molecule has 19 heavy (non-hydrogen) atoms. The van der Waals surface area contributed by atoms with Gasteiger partial charge in [-0.2, -0.15) is 4.98 Å². The van der Waals surface area contributed by atoms with Crippen molar-refractivity contribution in [3.05, 3.63) is 29.3 Å². The summed E-state index contributed by atoms with van der Waals surface area (Å²) in [7, 11) is 0. The zero-order chi connectivity index (χ0) is 13.2. The molecule has 0 bridgehead atoms. The molecule has 0 spiro atoms. The number of aromatic nitrogens is 3. The molecule has 100 valence electrons. The van der Waals surface area contributed by atoms with Crippen molar-refractivity contribution in [1.29, 1.82) is 0 Å². The van der Waals surface area contributed by atoms with Gasteiger partial charge in [-0.3, -0.25) is 5.10 Å². The minimum Gasteiger partial charge on any atom is -0.338 e. The average Bonchev–Trinajstić information content (AvgIpc) is 2.89. The van der Waals surface area contributed by atoms with E-state index in [0.29, 0.717) is 5.02 Å². The number of anilines is 1. The number of rotatable bonds is 2. The number of H-pyrrole nitrogens is 1. The third-order valence-electron chi connectivity index (χ3n) is 3.33. The number of benzene rings is 1. The first-order chi connectivity index (χ1) is 9.22. The number of halogens is 1. The molecule has 0 aliphatic carbocycles. The average molecular weight is 278 g/mol. The quantitative estimate of drug-likeness (QED) is 0.881. The smallest absolute Gasteiger partial charge is 0.245 e. The molecule has 5 nitrogen and oxygen atoms in total. The van der Waals surface area contributed by atoms with Crippen molar-refractivity contribution >= 4 is 17.5 Å². The minimum absolute atomic E-state index is 0.214. The molecule has 1 aliphatic rings. The summed E-state index contributed by atoms with van der Waals surface area (Å²) in [4.78, 5) is 6.66. The Labute approximate surface area is 116 Å². The van der Waals surface area contributed by atoms with Crippen molar-refractivity contribution in [2.24, 2.45) is 5.73 Å². The van der Waals surface area contributed by atoms with Crippen LogP contribution in [0.1, 0.15) is 12.8 Å². The van der Waals surface area contributed by atoms with Crippen LogP contribution in [0.2, 0.25) is 5.02 Å². The van der Waals surface area contributed by atoms with Crippen LogP contribution in [0, 0.1) is 0 Å². The molecule has 1 unspecified atom stereocenters. The Hall–Kier alpha value is -1.59. The number of nitrogens with two attached hydrogens (primary N) is 1. The van der Waals surface area contributed by atoms with E-state index in [2.05, 4.69) is 20.1 Å². The fraction of sp³-hybridized carbons (Fsp3) is 0.385. The van der Waals surface area contributed by atoms with Gasteiger partial charge >= 0.3 is 0 Å². The first kappa shape index (κ1) is 12.4. The molecular weight excluding hydrogens is 262 g/mol. The van der Waals surface area contributed by atoms with E-state index in [9.17, 15) is 0 Å². The van der Waals surface area contributed by atoms with Gasteiger partial charge in [-0.15, -0.1) is 5.10 Å². The zero-order valence-electron chi connectivity index (χ0n) is 10.5. The Balaban J connectivity index is 1.81. The van der Waals surface area contributed by atoms with Crippen molar-refractivity contribution < 1.29 is 0 Å². The van der Waals surface area contributed by atoms with E-state index in [0.717, 1.165) is 43.3 Å². The molecular formula is C13H16ClN5. The van der Waals surface area contributed by atoms with Gasteiger partial charge in [0.15, 0.2) is 5.82 Å². The number of hydrogen-bond donors (Lipinski definition) is 2. The van der Waals surface area contributed by atoms with E-state index < -0.39 is 0 Å². The van der Waals surface area contributed by atoms with Crippen LogP contribution in [0.4, 0.5) is 5.95 Å². The van der Waals surface area contributed by atoms with Gasteiger partial charge in [-0.1, -0.05) is 11.6 Å². The third kappa shape index (κ3) is 2.72. The summed E-state index contributed by atoms with van der Waals surface area (Å²) in [5, 5.41) is 7.95. The van der Waals surface area contributed by atoms with Crippen molar-refractivity contribution in [2.45, 2.75) is 18.9 Å². The molecule has 1 atom stereocenters. The Kier molecular flexibility index (Phi) is 3.40. The van der Waals surface area contributed by atoms with Crippen LogP contribution in [0.15, 0.2) is 24.3 Å². The highest BCUT2D eigenvalue weighted by Gasteiger charge is 2.20. The highest BCUT2D eigenvalue weighted by Crippen LogP contribution is 2.21. The molecule has 2 heterocycles. The molecule has 0 radical (unpaired) electrons. The first-order valence-electron chi connectivity index (χ1n) is 6.41. The number of hydrogen-bond acceptors (Lipinski definition) is 4. The van der Waals surface area contributed by atoms with E-state index >= 15 is 0 Å². The topological polar surface area (TPSA) is 70.8 Å². The predicted molar refractivity (Wildman–Crippen MR) is 76.3 cm³/mol. The van der Waals surface area contributed by atoms with Gasteiger partial charge in [0.1, 0.15) is 0 Å². The number of aromatic amines is 1. The van der Waals surface area contributed by atoms with Gasteiger partial charge in [0.05, 0.1) is 0 Å². The second-order valence-corrected chi connectivity index (χ2v) is 5.28. The monoisotopic (exact) mass is 277 g/mol. The Morgan fingerprint density at radius 3 is 2.84 bits per heavy atom. The summed E-state index contributed by atoms with van der Waals surface area (Å²) in [5.41, 5.74) is 6.95. The van der Waals surface area contributed by atoms with Gasteiger partial charge in [-0.05, 0) is 37.1 Å². The molecule has 2 aromatic rings. The van der Waals surface area contributed by atoms with Gasteiger partial charge in [-0.25, -0.2) is 0 Å². The molecule has 1 aromatic carbocycles. The Bertz CT molecular complexity index is 550. The molecule has 6 heteroatoms. The molecule has 1 saturated heterocycles. The normalized spacial score (nSPS) is 19.7. The summed E-state index contributed by atoms with van der Waals surface area (Å²) in [6.45, 7) is 1.78. The maximum absolute atomic E-state index is 5.97. The molecule has 0 amide bonds. The van der Waals surface area contributed by atoms with E-state index in [4.69, 9.17) is 17.3 Å². The second-order valence-electron chi connectivity index (χ2n) is 4.84. The van der Waals surface area contributed by atoms with Crippen LogP contribution in [0.5, 0.6) is 0 Å². The molecule has 1 fully saturated rings. The van der Waals surface area contributed by atoms with E-state index in [-0.39, 0.29) is 6.04 Å². The number of nitrogens with one attached hydrogen (secondary N) is 1. The zero-order valence-corrected chi connectivity index (χ0v) is 11.3. The number of piperidine rings is 1. The fourth-order valence-electron chi connectivity index (χ4n) is 2.32. The Morgan fingerprint density at radius 1 is 1.32 bits per heavy atom. The summed E-state index contributed by atoms with van der Waals surface area (Å²) in [6.07, 6.45) is 2.16. The summed E-state index contributed by atoms with van der Waals surface area (Å²) < 4.78 is 0. The van der Waals surface area contributed by atoms with Gasteiger partial charge in [0, 0.05) is 29.7 Å². The maximum Gasteiger partial charge on any atom is 0.245 e. The Morgan fingerprint density at radius 2 is 2.11 bits per heavy atom.